The highest BCUT2D eigenvalue weighted by Gasteiger charge is 2.00. The highest BCUT2D eigenvalue weighted by molar-refractivity contribution is 5.77. The molecule has 0 spiro atoms. The number of fused-ring (bicyclic) bond motifs is 1. The van der Waals surface area contributed by atoms with Crippen LogP contribution in [0.3, 0.4) is 0 Å². The van der Waals surface area contributed by atoms with Crippen molar-refractivity contribution >= 4 is 11.0 Å². The van der Waals surface area contributed by atoms with Gasteiger partial charge < -0.3 is 9.15 Å². The smallest absolute Gasteiger partial charge is 0.336 e. The molecule has 94 valence electrons. The first-order valence-corrected chi connectivity index (χ1v) is 6.07. The average Bonchev–Trinajstić information content (AvgIpc) is 2.38. The molecule has 0 atom stereocenters. The van der Waals surface area contributed by atoms with Gasteiger partial charge >= 0.3 is 5.63 Å². The van der Waals surface area contributed by atoms with E-state index in [1.165, 1.54) is 6.07 Å². The monoisotopic (exact) mass is 244 g/mol. The van der Waals surface area contributed by atoms with Crippen molar-refractivity contribution in [1.29, 1.82) is 0 Å². The van der Waals surface area contributed by atoms with Crippen LogP contribution in [0.5, 0.6) is 5.75 Å². The molecular formula is C15H16O3. The maximum Gasteiger partial charge on any atom is 0.336 e. The van der Waals surface area contributed by atoms with E-state index in [-0.39, 0.29) is 5.63 Å². The highest BCUT2D eigenvalue weighted by Crippen LogP contribution is 2.19. The lowest BCUT2D eigenvalue weighted by atomic mass is 10.2. The number of benzene rings is 1. The van der Waals surface area contributed by atoms with Gasteiger partial charge in [-0.05, 0) is 37.5 Å². The fraction of sp³-hybridized carbons (Fsp3) is 0.267. The Balaban J connectivity index is 2.01. The first kappa shape index (κ1) is 12.4. The van der Waals surface area contributed by atoms with Crippen molar-refractivity contribution in [3.8, 4) is 5.75 Å². The summed E-state index contributed by atoms with van der Waals surface area (Å²) < 4.78 is 10.7. The Labute approximate surface area is 106 Å². The lowest BCUT2D eigenvalue weighted by molar-refractivity contribution is 0.307. The van der Waals surface area contributed by atoms with Gasteiger partial charge in [-0.3, -0.25) is 0 Å². The lowest BCUT2D eigenvalue weighted by Gasteiger charge is -2.06. The van der Waals surface area contributed by atoms with E-state index in [0.717, 1.165) is 30.4 Å². The quantitative estimate of drug-likeness (QED) is 0.443. The molecule has 1 aromatic heterocycles. The van der Waals surface area contributed by atoms with Gasteiger partial charge in [-0.15, -0.1) is 6.58 Å². The van der Waals surface area contributed by atoms with Crippen molar-refractivity contribution < 1.29 is 9.15 Å². The molecule has 0 aliphatic heterocycles. The number of ether oxygens (including phenoxy) is 1. The van der Waals surface area contributed by atoms with E-state index in [2.05, 4.69) is 6.58 Å². The van der Waals surface area contributed by atoms with E-state index in [1.807, 2.05) is 18.2 Å². The molecule has 1 aromatic carbocycles. The van der Waals surface area contributed by atoms with Crippen molar-refractivity contribution in [2.75, 3.05) is 6.61 Å². The van der Waals surface area contributed by atoms with E-state index in [0.29, 0.717) is 12.2 Å². The second-order valence-corrected chi connectivity index (χ2v) is 4.09. The van der Waals surface area contributed by atoms with Gasteiger partial charge in [0.2, 0.25) is 0 Å². The Kier molecular flexibility index (Phi) is 4.18. The van der Waals surface area contributed by atoms with Gasteiger partial charge in [0.15, 0.2) is 0 Å². The molecule has 0 saturated heterocycles. The van der Waals surface area contributed by atoms with Crippen LogP contribution in [0.1, 0.15) is 19.3 Å². The lowest BCUT2D eigenvalue weighted by Crippen LogP contribution is -1.98. The zero-order chi connectivity index (χ0) is 12.8. The number of allylic oxidation sites excluding steroid dienone is 1. The van der Waals surface area contributed by atoms with Crippen molar-refractivity contribution in [2.45, 2.75) is 19.3 Å². The van der Waals surface area contributed by atoms with Crippen LogP contribution in [0.15, 0.2) is 52.2 Å². The van der Waals surface area contributed by atoms with Crippen molar-refractivity contribution in [2.24, 2.45) is 0 Å². The minimum atomic E-state index is -0.342. The Morgan fingerprint density at radius 1 is 1.22 bits per heavy atom. The zero-order valence-electron chi connectivity index (χ0n) is 10.2. The van der Waals surface area contributed by atoms with E-state index >= 15 is 0 Å². The topological polar surface area (TPSA) is 39.4 Å². The third-order valence-corrected chi connectivity index (χ3v) is 2.67. The summed E-state index contributed by atoms with van der Waals surface area (Å²) in [7, 11) is 0. The summed E-state index contributed by atoms with van der Waals surface area (Å²) in [6.45, 7) is 4.34. The molecule has 3 heteroatoms. The van der Waals surface area contributed by atoms with E-state index in [4.69, 9.17) is 9.15 Å². The molecule has 0 aliphatic rings. The Hall–Kier alpha value is -2.03. The summed E-state index contributed by atoms with van der Waals surface area (Å²) in [5.74, 6) is 0.732. The zero-order valence-corrected chi connectivity index (χ0v) is 10.2. The summed E-state index contributed by atoms with van der Waals surface area (Å²) >= 11 is 0. The molecule has 0 amide bonds. The molecule has 2 rings (SSSR count). The van der Waals surface area contributed by atoms with Gasteiger partial charge in [0.1, 0.15) is 11.3 Å². The van der Waals surface area contributed by atoms with E-state index < -0.39 is 0 Å². The molecule has 3 nitrogen and oxygen atoms in total. The molecule has 0 aliphatic carbocycles. The van der Waals surface area contributed by atoms with Gasteiger partial charge in [-0.2, -0.15) is 0 Å². The Bertz CT molecular complexity index is 584. The Morgan fingerprint density at radius 3 is 2.89 bits per heavy atom. The van der Waals surface area contributed by atoms with Gasteiger partial charge in [0, 0.05) is 17.5 Å². The second kappa shape index (κ2) is 6.05. The van der Waals surface area contributed by atoms with Crippen LogP contribution in [0.2, 0.25) is 0 Å². The van der Waals surface area contributed by atoms with Crippen LogP contribution in [0.4, 0.5) is 0 Å². The molecule has 0 unspecified atom stereocenters. The van der Waals surface area contributed by atoms with Gasteiger partial charge in [0.05, 0.1) is 6.61 Å². The van der Waals surface area contributed by atoms with Crippen LogP contribution >= 0.6 is 0 Å². The number of hydrogen-bond acceptors (Lipinski definition) is 3. The van der Waals surface area contributed by atoms with E-state index in [1.54, 1.807) is 12.1 Å². The summed E-state index contributed by atoms with van der Waals surface area (Å²) in [5.41, 5.74) is 0.219. The molecular weight excluding hydrogens is 228 g/mol. The predicted molar refractivity (Wildman–Crippen MR) is 72.0 cm³/mol. The van der Waals surface area contributed by atoms with Crippen LogP contribution in [0, 0.1) is 0 Å². The summed E-state index contributed by atoms with van der Waals surface area (Å²) in [6.07, 6.45) is 4.98. The van der Waals surface area contributed by atoms with Gasteiger partial charge in [-0.25, -0.2) is 4.79 Å². The predicted octanol–water partition coefficient (Wildman–Crippen LogP) is 3.53. The third kappa shape index (κ3) is 3.23. The first-order valence-electron chi connectivity index (χ1n) is 6.07. The van der Waals surface area contributed by atoms with Crippen molar-refractivity contribution in [3.63, 3.8) is 0 Å². The van der Waals surface area contributed by atoms with Crippen LogP contribution in [-0.4, -0.2) is 6.61 Å². The average molecular weight is 244 g/mol. The summed E-state index contributed by atoms with van der Waals surface area (Å²) in [5, 5.41) is 0.897. The summed E-state index contributed by atoms with van der Waals surface area (Å²) in [4.78, 5) is 11.1. The molecule has 0 saturated carbocycles. The molecule has 18 heavy (non-hydrogen) atoms. The number of hydrogen-bond donors (Lipinski definition) is 0. The fourth-order valence-corrected chi connectivity index (χ4v) is 1.71. The van der Waals surface area contributed by atoms with Crippen LogP contribution < -0.4 is 10.4 Å². The highest BCUT2D eigenvalue weighted by atomic mass is 16.5. The van der Waals surface area contributed by atoms with E-state index in [9.17, 15) is 4.79 Å². The van der Waals surface area contributed by atoms with Gasteiger partial charge in [0.25, 0.3) is 0 Å². The third-order valence-electron chi connectivity index (χ3n) is 2.67. The SMILES string of the molecule is C=CCCCCOc1ccc2ccc(=O)oc2c1. The minimum Gasteiger partial charge on any atom is -0.493 e. The van der Waals surface area contributed by atoms with Gasteiger partial charge in [-0.1, -0.05) is 6.08 Å². The van der Waals surface area contributed by atoms with Crippen LogP contribution in [-0.2, 0) is 0 Å². The minimum absolute atomic E-state index is 0.342. The number of rotatable bonds is 6. The fourth-order valence-electron chi connectivity index (χ4n) is 1.71. The largest absolute Gasteiger partial charge is 0.493 e. The Morgan fingerprint density at radius 2 is 2.06 bits per heavy atom. The standard InChI is InChI=1S/C15H16O3/c1-2-3-4-5-10-17-13-8-6-12-7-9-15(16)18-14(12)11-13/h2,6-9,11H,1,3-5,10H2. The molecule has 0 radical (unpaired) electrons. The van der Waals surface area contributed by atoms with Crippen molar-refractivity contribution in [1.82, 2.24) is 0 Å². The maximum atomic E-state index is 11.1. The second-order valence-electron chi connectivity index (χ2n) is 4.09. The molecule has 2 aromatic rings. The number of unbranched alkanes of at least 4 members (excludes halogenated alkanes) is 2. The molecule has 0 fully saturated rings. The molecule has 0 bridgehead atoms. The van der Waals surface area contributed by atoms with Crippen molar-refractivity contribution in [3.05, 3.63) is 53.4 Å². The summed E-state index contributed by atoms with van der Waals surface area (Å²) in [6, 6.07) is 8.69. The molecule has 1 heterocycles. The maximum absolute atomic E-state index is 11.1. The molecule has 0 N–H and O–H groups in total. The normalized spacial score (nSPS) is 10.4. The van der Waals surface area contributed by atoms with Crippen LogP contribution in [0.25, 0.3) is 11.0 Å². The first-order chi connectivity index (χ1) is 8.79.